The van der Waals surface area contributed by atoms with Crippen LogP contribution in [0.4, 0.5) is 5.69 Å². The highest BCUT2D eigenvalue weighted by Gasteiger charge is 2.19. The van der Waals surface area contributed by atoms with E-state index in [9.17, 15) is 4.79 Å². The lowest BCUT2D eigenvalue weighted by Gasteiger charge is -2.24. The van der Waals surface area contributed by atoms with Crippen LogP contribution in [0.5, 0.6) is 0 Å². The third-order valence-corrected chi connectivity index (χ3v) is 2.84. The van der Waals surface area contributed by atoms with Gasteiger partial charge in [-0.1, -0.05) is 24.3 Å². The molecule has 1 aliphatic rings. The molecular formula is C14H17NO. The molecule has 0 atom stereocenters. The zero-order valence-electron chi connectivity index (χ0n) is 9.70. The van der Waals surface area contributed by atoms with Crippen LogP contribution in [0.3, 0.4) is 0 Å². The van der Waals surface area contributed by atoms with Crippen LogP contribution >= 0.6 is 0 Å². The van der Waals surface area contributed by atoms with Crippen LogP contribution < -0.4 is 4.90 Å². The molecular weight excluding hydrogens is 198 g/mol. The van der Waals surface area contributed by atoms with Crippen molar-refractivity contribution in [3.05, 3.63) is 42.0 Å². The fourth-order valence-corrected chi connectivity index (χ4v) is 2.16. The minimum absolute atomic E-state index is 0.264. The molecule has 1 heterocycles. The third-order valence-electron chi connectivity index (χ3n) is 2.84. The lowest BCUT2D eigenvalue weighted by atomic mass is 10.1. The number of hydrogen-bond donors (Lipinski definition) is 0. The second-order valence-corrected chi connectivity index (χ2v) is 4.42. The molecule has 0 spiro atoms. The Labute approximate surface area is 96.6 Å². The van der Waals surface area contributed by atoms with Gasteiger partial charge >= 0.3 is 0 Å². The van der Waals surface area contributed by atoms with Crippen molar-refractivity contribution in [1.29, 1.82) is 0 Å². The van der Waals surface area contributed by atoms with Gasteiger partial charge in [0.25, 0.3) is 0 Å². The number of para-hydroxylation sites is 1. The Morgan fingerprint density at radius 3 is 2.94 bits per heavy atom. The Morgan fingerprint density at radius 1 is 1.44 bits per heavy atom. The van der Waals surface area contributed by atoms with Gasteiger partial charge in [-0.15, -0.1) is 0 Å². The zero-order valence-corrected chi connectivity index (χ0v) is 9.70. The van der Waals surface area contributed by atoms with Crippen LogP contribution in [-0.2, 0) is 0 Å². The van der Waals surface area contributed by atoms with Crippen molar-refractivity contribution >= 4 is 11.5 Å². The number of rotatable bonds is 2. The topological polar surface area (TPSA) is 20.3 Å². The van der Waals surface area contributed by atoms with E-state index in [-0.39, 0.29) is 5.78 Å². The number of carbonyl (C=O) groups is 1. The predicted octanol–water partition coefficient (Wildman–Crippen LogP) is 3.05. The van der Waals surface area contributed by atoms with Crippen LogP contribution in [0.1, 0.15) is 30.1 Å². The summed E-state index contributed by atoms with van der Waals surface area (Å²) in [4.78, 5) is 14.1. The van der Waals surface area contributed by atoms with E-state index in [1.165, 1.54) is 0 Å². The van der Waals surface area contributed by atoms with Gasteiger partial charge in [-0.3, -0.25) is 4.79 Å². The maximum Gasteiger partial charge on any atom is 0.165 e. The first-order valence-corrected chi connectivity index (χ1v) is 5.70. The summed E-state index contributed by atoms with van der Waals surface area (Å²) in [7, 11) is 0. The largest absolute Gasteiger partial charge is 0.367 e. The number of Topliss-reactive ketones (excluding diaryl/α,β-unsaturated/α-hetero) is 1. The Bertz CT molecular complexity index is 422. The molecule has 2 heteroatoms. The van der Waals surface area contributed by atoms with Crippen molar-refractivity contribution in [1.82, 2.24) is 0 Å². The van der Waals surface area contributed by atoms with E-state index in [0.29, 0.717) is 6.42 Å². The van der Waals surface area contributed by atoms with Gasteiger partial charge < -0.3 is 4.90 Å². The monoisotopic (exact) mass is 215 g/mol. The first-order chi connectivity index (χ1) is 7.68. The molecule has 16 heavy (non-hydrogen) atoms. The second kappa shape index (κ2) is 4.52. The molecule has 0 bridgehead atoms. The molecule has 1 aliphatic heterocycles. The van der Waals surface area contributed by atoms with E-state index in [2.05, 4.69) is 11.5 Å². The maximum absolute atomic E-state index is 11.9. The van der Waals surface area contributed by atoms with Crippen molar-refractivity contribution in [2.24, 2.45) is 0 Å². The fraction of sp³-hybridized carbons (Fsp3) is 0.357. The minimum atomic E-state index is 0.264. The quantitative estimate of drug-likeness (QED) is 0.707. The fourth-order valence-electron chi connectivity index (χ4n) is 2.16. The van der Waals surface area contributed by atoms with Crippen LogP contribution in [0.25, 0.3) is 0 Å². The SMILES string of the molecule is C=C(C)CN1CCCC(=O)c2ccccc21. The summed E-state index contributed by atoms with van der Waals surface area (Å²) in [6, 6.07) is 7.87. The summed E-state index contributed by atoms with van der Waals surface area (Å²) < 4.78 is 0. The number of fused-ring (bicyclic) bond motifs is 1. The molecule has 0 unspecified atom stereocenters. The van der Waals surface area contributed by atoms with Crippen LogP contribution in [0.2, 0.25) is 0 Å². The molecule has 0 saturated heterocycles. The number of anilines is 1. The van der Waals surface area contributed by atoms with Gasteiger partial charge in [0.1, 0.15) is 0 Å². The van der Waals surface area contributed by atoms with Crippen LogP contribution in [0, 0.1) is 0 Å². The van der Waals surface area contributed by atoms with E-state index in [4.69, 9.17) is 0 Å². The van der Waals surface area contributed by atoms with Gasteiger partial charge in [-0.25, -0.2) is 0 Å². The molecule has 0 fully saturated rings. The van der Waals surface area contributed by atoms with Crippen molar-refractivity contribution in [2.45, 2.75) is 19.8 Å². The molecule has 1 aromatic carbocycles. The average Bonchev–Trinajstić information content (AvgIpc) is 2.40. The predicted molar refractivity (Wildman–Crippen MR) is 67.0 cm³/mol. The van der Waals surface area contributed by atoms with Gasteiger partial charge in [0.2, 0.25) is 0 Å². The average molecular weight is 215 g/mol. The van der Waals surface area contributed by atoms with E-state index >= 15 is 0 Å². The molecule has 1 aromatic rings. The summed E-state index contributed by atoms with van der Waals surface area (Å²) in [6.45, 7) is 7.75. The van der Waals surface area contributed by atoms with Crippen molar-refractivity contribution < 1.29 is 4.79 Å². The smallest absolute Gasteiger partial charge is 0.165 e. The summed E-state index contributed by atoms with van der Waals surface area (Å²) in [5.41, 5.74) is 3.05. The third kappa shape index (κ3) is 2.16. The normalized spacial score (nSPS) is 15.6. The van der Waals surface area contributed by atoms with Crippen molar-refractivity contribution in [3.63, 3.8) is 0 Å². The zero-order chi connectivity index (χ0) is 11.5. The standard InChI is InChI=1S/C14H17NO/c1-11(2)10-15-9-5-8-14(16)12-6-3-4-7-13(12)15/h3-4,6-7H,1,5,8-10H2,2H3. The molecule has 0 radical (unpaired) electrons. The van der Waals surface area contributed by atoms with Gasteiger partial charge in [-0.05, 0) is 25.5 Å². The molecule has 0 N–H and O–H groups in total. The highest BCUT2D eigenvalue weighted by molar-refractivity contribution is 6.01. The molecule has 0 amide bonds. The summed E-state index contributed by atoms with van der Waals surface area (Å²) in [6.07, 6.45) is 1.59. The molecule has 84 valence electrons. The Balaban J connectivity index is 2.38. The molecule has 0 aliphatic carbocycles. The maximum atomic E-state index is 11.9. The van der Waals surface area contributed by atoms with Crippen molar-refractivity contribution in [3.8, 4) is 0 Å². The number of ketones is 1. The van der Waals surface area contributed by atoms with E-state index in [1.54, 1.807) is 0 Å². The van der Waals surface area contributed by atoms with Gasteiger partial charge in [-0.2, -0.15) is 0 Å². The molecule has 0 saturated carbocycles. The minimum Gasteiger partial charge on any atom is -0.367 e. The lowest BCUT2D eigenvalue weighted by molar-refractivity contribution is 0.0984. The first-order valence-electron chi connectivity index (χ1n) is 5.70. The van der Waals surface area contributed by atoms with Crippen LogP contribution in [0.15, 0.2) is 36.4 Å². The highest BCUT2D eigenvalue weighted by Crippen LogP contribution is 2.26. The summed E-state index contributed by atoms with van der Waals surface area (Å²) in [5, 5.41) is 0. The number of carbonyl (C=O) groups excluding carboxylic acids is 1. The van der Waals surface area contributed by atoms with Gasteiger partial charge in [0, 0.05) is 30.8 Å². The lowest BCUT2D eigenvalue weighted by Crippen LogP contribution is -2.25. The molecule has 0 aromatic heterocycles. The highest BCUT2D eigenvalue weighted by atomic mass is 16.1. The first kappa shape index (κ1) is 10.9. The second-order valence-electron chi connectivity index (χ2n) is 4.42. The van der Waals surface area contributed by atoms with E-state index in [1.807, 2.05) is 31.2 Å². The molecule has 2 rings (SSSR count). The number of hydrogen-bond acceptors (Lipinski definition) is 2. The Kier molecular flexibility index (Phi) is 3.09. The van der Waals surface area contributed by atoms with E-state index in [0.717, 1.165) is 36.3 Å². The summed E-state index contributed by atoms with van der Waals surface area (Å²) in [5.74, 6) is 0.264. The van der Waals surface area contributed by atoms with Crippen molar-refractivity contribution in [2.75, 3.05) is 18.0 Å². The Hall–Kier alpha value is -1.57. The van der Waals surface area contributed by atoms with Gasteiger partial charge in [0.05, 0.1) is 0 Å². The summed E-state index contributed by atoms with van der Waals surface area (Å²) >= 11 is 0. The number of nitrogens with zero attached hydrogens (tertiary/aromatic N) is 1. The van der Waals surface area contributed by atoms with Crippen LogP contribution in [-0.4, -0.2) is 18.9 Å². The Morgan fingerprint density at radius 2 is 2.19 bits per heavy atom. The number of benzene rings is 1. The van der Waals surface area contributed by atoms with Gasteiger partial charge in [0.15, 0.2) is 5.78 Å². The molecule has 2 nitrogen and oxygen atoms in total. The van der Waals surface area contributed by atoms with E-state index < -0.39 is 0 Å².